The van der Waals surface area contributed by atoms with E-state index in [1.54, 1.807) is 0 Å². The summed E-state index contributed by atoms with van der Waals surface area (Å²) in [5.74, 6) is 1.59. The summed E-state index contributed by atoms with van der Waals surface area (Å²) in [5, 5.41) is 10.3. The van der Waals surface area contributed by atoms with Crippen LogP contribution in [0.15, 0.2) is 0 Å². The van der Waals surface area contributed by atoms with Crippen molar-refractivity contribution < 1.29 is 9.84 Å². The van der Waals surface area contributed by atoms with Crippen LogP contribution in [-0.4, -0.2) is 45.9 Å². The normalized spacial score (nSPS) is 27.5. The quantitative estimate of drug-likeness (QED) is 0.898. The first-order chi connectivity index (χ1) is 8.57. The van der Waals surface area contributed by atoms with Gasteiger partial charge in [-0.15, -0.1) is 0 Å². The molecule has 2 aliphatic rings. The fourth-order valence-electron chi connectivity index (χ4n) is 2.40. The number of aliphatic hydroxyl groups excluding tert-OH is 1. The minimum absolute atomic E-state index is 0.0498. The zero-order valence-corrected chi connectivity index (χ0v) is 11.6. The number of ether oxygens (including phenoxy) is 1. The Morgan fingerprint density at radius 3 is 2.94 bits per heavy atom. The van der Waals surface area contributed by atoms with Crippen LogP contribution in [0, 0.1) is 0 Å². The summed E-state index contributed by atoms with van der Waals surface area (Å²) < 4.78 is 10.2. The van der Waals surface area contributed by atoms with Gasteiger partial charge in [0.05, 0.1) is 18.3 Å². The molecule has 1 saturated carbocycles. The molecule has 100 valence electrons. The number of nitrogens with zero attached hydrogens (tertiary/aromatic N) is 3. The molecule has 0 bridgehead atoms. The Hall–Kier alpha value is -0.720. The topological polar surface area (TPSA) is 58.5 Å². The molecule has 1 aliphatic heterocycles. The molecule has 0 aromatic carbocycles. The van der Waals surface area contributed by atoms with E-state index in [0.717, 1.165) is 17.5 Å². The highest BCUT2D eigenvalue weighted by Crippen LogP contribution is 2.40. The van der Waals surface area contributed by atoms with Gasteiger partial charge in [0.15, 0.2) is 0 Å². The van der Waals surface area contributed by atoms with Crippen molar-refractivity contribution >= 4 is 16.7 Å². The van der Waals surface area contributed by atoms with E-state index in [1.807, 2.05) is 13.8 Å². The highest BCUT2D eigenvalue weighted by Gasteiger charge is 2.35. The van der Waals surface area contributed by atoms with E-state index >= 15 is 0 Å². The fraction of sp³-hybridized carbons (Fsp3) is 0.833. The highest BCUT2D eigenvalue weighted by atomic mass is 32.1. The summed E-state index contributed by atoms with van der Waals surface area (Å²) in [6.45, 7) is 5.63. The molecule has 18 heavy (non-hydrogen) atoms. The third-order valence-electron chi connectivity index (χ3n) is 3.33. The third kappa shape index (κ3) is 2.50. The van der Waals surface area contributed by atoms with Crippen molar-refractivity contribution in [2.45, 2.75) is 44.3 Å². The molecule has 1 unspecified atom stereocenters. The van der Waals surface area contributed by atoms with Gasteiger partial charge in [-0.05, 0) is 26.7 Å². The Morgan fingerprint density at radius 2 is 2.28 bits per heavy atom. The van der Waals surface area contributed by atoms with Crippen LogP contribution in [0.5, 0.6) is 0 Å². The predicted molar refractivity (Wildman–Crippen MR) is 70.1 cm³/mol. The van der Waals surface area contributed by atoms with Crippen LogP contribution >= 0.6 is 11.5 Å². The van der Waals surface area contributed by atoms with Gasteiger partial charge >= 0.3 is 0 Å². The van der Waals surface area contributed by atoms with Crippen LogP contribution in [0.4, 0.5) is 5.13 Å². The summed E-state index contributed by atoms with van der Waals surface area (Å²) >= 11 is 1.47. The van der Waals surface area contributed by atoms with E-state index < -0.39 is 0 Å². The number of hydrogen-bond acceptors (Lipinski definition) is 6. The van der Waals surface area contributed by atoms with E-state index in [-0.39, 0.29) is 18.3 Å². The fourth-order valence-corrected chi connectivity index (χ4v) is 3.15. The Labute approximate surface area is 111 Å². The van der Waals surface area contributed by atoms with Crippen LogP contribution in [-0.2, 0) is 4.74 Å². The Kier molecular flexibility index (Phi) is 3.03. The second-order valence-corrected chi connectivity index (χ2v) is 6.50. The maximum atomic E-state index is 9.31. The molecular formula is C12H19N3O2S. The van der Waals surface area contributed by atoms with Crippen molar-refractivity contribution in [2.75, 3.05) is 24.6 Å². The molecule has 1 aromatic heterocycles. The Balaban J connectivity index is 1.76. The van der Waals surface area contributed by atoms with E-state index in [2.05, 4.69) is 14.3 Å². The van der Waals surface area contributed by atoms with Crippen molar-refractivity contribution in [3.8, 4) is 0 Å². The molecule has 1 saturated heterocycles. The first-order valence-electron chi connectivity index (χ1n) is 6.44. The standard InChI is InChI=1S/C12H19N3O2S/c1-12(2)7-15(5-9(6-16)17-12)11-13-10(14-18-11)8-3-4-8/h8-9,16H,3-7H2,1-2H3. The number of rotatable bonds is 3. The predicted octanol–water partition coefficient (Wildman–Crippen LogP) is 1.39. The van der Waals surface area contributed by atoms with Crippen LogP contribution in [0.2, 0.25) is 0 Å². The lowest BCUT2D eigenvalue weighted by Crippen LogP contribution is -2.54. The minimum atomic E-state index is -0.253. The van der Waals surface area contributed by atoms with Crippen LogP contribution in [0.1, 0.15) is 38.4 Å². The van der Waals surface area contributed by atoms with Gasteiger partial charge in [-0.3, -0.25) is 0 Å². The molecule has 6 heteroatoms. The summed E-state index contributed by atoms with van der Waals surface area (Å²) in [6.07, 6.45) is 2.32. The number of aromatic nitrogens is 2. The second-order valence-electron chi connectivity index (χ2n) is 5.77. The number of hydrogen-bond donors (Lipinski definition) is 1. The first kappa shape index (κ1) is 12.3. The van der Waals surface area contributed by atoms with Crippen LogP contribution in [0.25, 0.3) is 0 Å². The zero-order chi connectivity index (χ0) is 12.8. The largest absolute Gasteiger partial charge is 0.394 e. The second kappa shape index (κ2) is 4.43. The SMILES string of the molecule is CC1(C)CN(c2nc(C3CC3)ns2)CC(CO)O1. The molecule has 0 spiro atoms. The van der Waals surface area contributed by atoms with Crippen molar-refractivity contribution in [1.29, 1.82) is 0 Å². The average molecular weight is 269 g/mol. The van der Waals surface area contributed by atoms with Crippen LogP contribution in [0.3, 0.4) is 0 Å². The summed E-state index contributed by atoms with van der Waals surface area (Å²) in [5.41, 5.74) is -0.253. The molecule has 1 N–H and O–H groups in total. The smallest absolute Gasteiger partial charge is 0.205 e. The van der Waals surface area contributed by atoms with E-state index in [4.69, 9.17) is 4.74 Å². The van der Waals surface area contributed by atoms with Gasteiger partial charge in [-0.2, -0.15) is 4.37 Å². The number of anilines is 1. The van der Waals surface area contributed by atoms with Gasteiger partial charge in [-0.1, -0.05) is 0 Å². The van der Waals surface area contributed by atoms with E-state index in [9.17, 15) is 5.11 Å². The summed E-state index contributed by atoms with van der Waals surface area (Å²) in [6, 6.07) is 0. The van der Waals surface area contributed by atoms with Gasteiger partial charge in [-0.25, -0.2) is 4.98 Å². The van der Waals surface area contributed by atoms with Crippen molar-refractivity contribution in [2.24, 2.45) is 0 Å². The molecule has 5 nitrogen and oxygen atoms in total. The average Bonchev–Trinajstić information content (AvgIpc) is 3.05. The van der Waals surface area contributed by atoms with Crippen LogP contribution < -0.4 is 4.90 Å². The molecule has 0 amide bonds. The highest BCUT2D eigenvalue weighted by molar-refractivity contribution is 7.09. The van der Waals surface area contributed by atoms with E-state index in [0.29, 0.717) is 12.5 Å². The molecule has 0 radical (unpaired) electrons. The van der Waals surface area contributed by atoms with Gasteiger partial charge in [0.2, 0.25) is 5.13 Å². The molecule has 1 atom stereocenters. The van der Waals surface area contributed by atoms with E-state index in [1.165, 1.54) is 24.4 Å². The maximum absolute atomic E-state index is 9.31. The molecule has 1 aromatic rings. The molecule has 3 rings (SSSR count). The molecule has 2 heterocycles. The summed E-state index contributed by atoms with van der Waals surface area (Å²) in [4.78, 5) is 6.81. The van der Waals surface area contributed by atoms with Gasteiger partial charge in [0.25, 0.3) is 0 Å². The Morgan fingerprint density at radius 1 is 1.50 bits per heavy atom. The lowest BCUT2D eigenvalue weighted by molar-refractivity contribution is -0.101. The van der Waals surface area contributed by atoms with Crippen molar-refractivity contribution in [1.82, 2.24) is 9.36 Å². The monoisotopic (exact) mass is 269 g/mol. The molecular weight excluding hydrogens is 250 g/mol. The minimum Gasteiger partial charge on any atom is -0.394 e. The van der Waals surface area contributed by atoms with Gasteiger partial charge < -0.3 is 14.7 Å². The lowest BCUT2D eigenvalue weighted by Gasteiger charge is -2.42. The molecule has 1 aliphatic carbocycles. The molecule has 2 fully saturated rings. The Bertz CT molecular complexity index is 431. The maximum Gasteiger partial charge on any atom is 0.205 e. The number of morpholine rings is 1. The first-order valence-corrected chi connectivity index (χ1v) is 7.22. The zero-order valence-electron chi connectivity index (χ0n) is 10.8. The van der Waals surface area contributed by atoms with Crippen molar-refractivity contribution in [3.63, 3.8) is 0 Å². The van der Waals surface area contributed by atoms with Gasteiger partial charge in [0.1, 0.15) is 5.82 Å². The lowest BCUT2D eigenvalue weighted by atomic mass is 10.1. The number of aliphatic hydroxyl groups is 1. The van der Waals surface area contributed by atoms with Gasteiger partial charge in [0, 0.05) is 30.5 Å². The third-order valence-corrected chi connectivity index (χ3v) is 4.12. The van der Waals surface area contributed by atoms with Crippen molar-refractivity contribution in [3.05, 3.63) is 5.82 Å². The summed E-state index contributed by atoms with van der Waals surface area (Å²) in [7, 11) is 0.